The van der Waals surface area contributed by atoms with Crippen molar-refractivity contribution in [3.05, 3.63) is 11.9 Å². The Hall–Kier alpha value is -1.53. The van der Waals surface area contributed by atoms with E-state index < -0.39 is 12.0 Å². The standard InChI is InChI=1S/C14H21F3N4/c1-13(2)7-5-4-6-9(13)19-11-8-10(18-3)20-12(21-11)14(15,16)17/h8-9H,4-7H2,1-3H3,(H2,18,19,20,21). The summed E-state index contributed by atoms with van der Waals surface area (Å²) in [5.41, 5.74) is 0.0431. The van der Waals surface area contributed by atoms with Gasteiger partial charge in [-0.2, -0.15) is 13.2 Å². The van der Waals surface area contributed by atoms with Crippen molar-refractivity contribution in [2.24, 2.45) is 5.41 Å². The van der Waals surface area contributed by atoms with Crippen LogP contribution in [0.1, 0.15) is 45.4 Å². The molecule has 1 heterocycles. The number of halogens is 3. The fourth-order valence-corrected chi connectivity index (χ4v) is 2.72. The van der Waals surface area contributed by atoms with E-state index in [1.807, 2.05) is 0 Å². The molecule has 2 N–H and O–H groups in total. The molecule has 4 nitrogen and oxygen atoms in total. The van der Waals surface area contributed by atoms with E-state index in [1.54, 1.807) is 0 Å². The highest BCUT2D eigenvalue weighted by atomic mass is 19.4. The van der Waals surface area contributed by atoms with Gasteiger partial charge in [-0.25, -0.2) is 9.97 Å². The molecule has 1 aromatic heterocycles. The molecule has 0 saturated heterocycles. The Bertz CT molecular complexity index is 499. The van der Waals surface area contributed by atoms with Crippen LogP contribution in [-0.4, -0.2) is 23.1 Å². The van der Waals surface area contributed by atoms with Gasteiger partial charge < -0.3 is 10.6 Å². The van der Waals surface area contributed by atoms with E-state index in [-0.39, 0.29) is 23.1 Å². The lowest BCUT2D eigenvalue weighted by Crippen LogP contribution is -2.39. The molecule has 1 atom stereocenters. The molecule has 2 rings (SSSR count). The average molecular weight is 302 g/mol. The van der Waals surface area contributed by atoms with Crippen molar-refractivity contribution in [2.75, 3.05) is 17.7 Å². The highest BCUT2D eigenvalue weighted by Gasteiger charge is 2.36. The van der Waals surface area contributed by atoms with Crippen LogP contribution in [0.2, 0.25) is 0 Å². The van der Waals surface area contributed by atoms with Crippen LogP contribution in [0.25, 0.3) is 0 Å². The second-order valence-corrected chi connectivity index (χ2v) is 6.14. The number of hydrogen-bond acceptors (Lipinski definition) is 4. The number of aromatic nitrogens is 2. The van der Waals surface area contributed by atoms with E-state index in [9.17, 15) is 13.2 Å². The maximum Gasteiger partial charge on any atom is 0.451 e. The van der Waals surface area contributed by atoms with Crippen molar-refractivity contribution < 1.29 is 13.2 Å². The number of hydrogen-bond donors (Lipinski definition) is 2. The maximum absolute atomic E-state index is 12.8. The summed E-state index contributed by atoms with van der Waals surface area (Å²) in [5.74, 6) is -0.736. The third-order valence-electron chi connectivity index (χ3n) is 4.07. The van der Waals surface area contributed by atoms with Crippen molar-refractivity contribution in [1.82, 2.24) is 9.97 Å². The summed E-state index contributed by atoms with van der Waals surface area (Å²) < 4.78 is 38.5. The second kappa shape index (κ2) is 5.69. The summed E-state index contributed by atoms with van der Waals surface area (Å²) in [7, 11) is 1.54. The first-order chi connectivity index (χ1) is 9.72. The zero-order valence-corrected chi connectivity index (χ0v) is 12.5. The van der Waals surface area contributed by atoms with Gasteiger partial charge in [-0.15, -0.1) is 0 Å². The van der Waals surface area contributed by atoms with Gasteiger partial charge in [0, 0.05) is 19.2 Å². The predicted octanol–water partition coefficient (Wildman–Crippen LogP) is 3.92. The first-order valence-electron chi connectivity index (χ1n) is 7.13. The van der Waals surface area contributed by atoms with Gasteiger partial charge in [0.15, 0.2) is 0 Å². The Morgan fingerprint density at radius 3 is 2.43 bits per heavy atom. The molecule has 0 amide bonds. The molecule has 1 fully saturated rings. The van der Waals surface area contributed by atoms with Crippen LogP contribution in [0.3, 0.4) is 0 Å². The van der Waals surface area contributed by atoms with Gasteiger partial charge in [-0.1, -0.05) is 26.7 Å². The molecule has 0 aliphatic heterocycles. The van der Waals surface area contributed by atoms with Crippen molar-refractivity contribution in [1.29, 1.82) is 0 Å². The molecule has 0 spiro atoms. The molecule has 1 unspecified atom stereocenters. The Morgan fingerprint density at radius 1 is 1.19 bits per heavy atom. The van der Waals surface area contributed by atoms with Gasteiger partial charge in [0.1, 0.15) is 11.6 Å². The molecule has 118 valence electrons. The van der Waals surface area contributed by atoms with Crippen LogP contribution in [-0.2, 0) is 6.18 Å². The fraction of sp³-hybridized carbons (Fsp3) is 0.714. The molecule has 1 aliphatic carbocycles. The van der Waals surface area contributed by atoms with Crippen molar-refractivity contribution in [3.8, 4) is 0 Å². The van der Waals surface area contributed by atoms with E-state index in [0.717, 1.165) is 25.7 Å². The summed E-state index contributed by atoms with van der Waals surface area (Å²) in [6, 6.07) is 1.63. The van der Waals surface area contributed by atoms with Gasteiger partial charge in [0.25, 0.3) is 0 Å². The first kappa shape index (κ1) is 15.9. The topological polar surface area (TPSA) is 49.8 Å². The van der Waals surface area contributed by atoms with Crippen molar-refractivity contribution in [3.63, 3.8) is 0 Å². The molecule has 1 saturated carbocycles. The number of nitrogens with zero attached hydrogens (tertiary/aromatic N) is 2. The lowest BCUT2D eigenvalue weighted by atomic mass is 9.73. The second-order valence-electron chi connectivity index (χ2n) is 6.14. The highest BCUT2D eigenvalue weighted by molar-refractivity contribution is 5.48. The van der Waals surface area contributed by atoms with Gasteiger partial charge in [0.2, 0.25) is 5.82 Å². The highest BCUT2D eigenvalue weighted by Crippen LogP contribution is 2.37. The van der Waals surface area contributed by atoms with Gasteiger partial charge in [0.05, 0.1) is 0 Å². The molecule has 0 bridgehead atoms. The maximum atomic E-state index is 12.8. The predicted molar refractivity (Wildman–Crippen MR) is 76.2 cm³/mol. The Morgan fingerprint density at radius 2 is 1.86 bits per heavy atom. The summed E-state index contributed by atoms with van der Waals surface area (Å²) in [4.78, 5) is 7.09. The molecule has 0 aromatic carbocycles. The third kappa shape index (κ3) is 3.77. The van der Waals surface area contributed by atoms with E-state index in [2.05, 4.69) is 34.4 Å². The van der Waals surface area contributed by atoms with E-state index >= 15 is 0 Å². The molecule has 0 radical (unpaired) electrons. The zero-order chi connectivity index (χ0) is 15.7. The zero-order valence-electron chi connectivity index (χ0n) is 12.5. The van der Waals surface area contributed by atoms with Crippen molar-refractivity contribution in [2.45, 2.75) is 51.7 Å². The summed E-state index contributed by atoms with van der Waals surface area (Å²) in [6.45, 7) is 4.27. The van der Waals surface area contributed by atoms with Crippen molar-refractivity contribution >= 4 is 11.6 Å². The van der Waals surface area contributed by atoms with Gasteiger partial charge in [-0.05, 0) is 18.3 Å². The molecular weight excluding hydrogens is 281 g/mol. The summed E-state index contributed by atoms with van der Waals surface area (Å²) >= 11 is 0. The van der Waals surface area contributed by atoms with Crippen LogP contribution in [0, 0.1) is 5.41 Å². The SMILES string of the molecule is CNc1cc(NC2CCCCC2(C)C)nc(C(F)(F)F)n1. The largest absolute Gasteiger partial charge is 0.451 e. The minimum absolute atomic E-state index is 0.0431. The summed E-state index contributed by atoms with van der Waals surface area (Å²) in [6.07, 6.45) is -0.318. The van der Waals surface area contributed by atoms with E-state index in [4.69, 9.17) is 0 Å². The third-order valence-corrected chi connectivity index (χ3v) is 4.07. The van der Waals surface area contributed by atoms with E-state index in [1.165, 1.54) is 13.1 Å². The van der Waals surface area contributed by atoms with Crippen LogP contribution in [0.4, 0.5) is 24.8 Å². The first-order valence-corrected chi connectivity index (χ1v) is 7.13. The lowest BCUT2D eigenvalue weighted by Gasteiger charge is -2.39. The van der Waals surface area contributed by atoms with Crippen LogP contribution < -0.4 is 10.6 Å². The molecule has 21 heavy (non-hydrogen) atoms. The average Bonchev–Trinajstić information content (AvgIpc) is 2.40. The Labute approximate surface area is 122 Å². The minimum atomic E-state index is -4.55. The molecule has 1 aromatic rings. The van der Waals surface area contributed by atoms with Crippen LogP contribution in [0.15, 0.2) is 6.07 Å². The Kier molecular flexibility index (Phi) is 4.30. The molecule has 7 heteroatoms. The number of rotatable bonds is 3. The number of anilines is 2. The minimum Gasteiger partial charge on any atom is -0.373 e. The normalized spacial score (nSPS) is 21.9. The fourth-order valence-electron chi connectivity index (χ4n) is 2.72. The van der Waals surface area contributed by atoms with Gasteiger partial charge >= 0.3 is 6.18 Å². The number of alkyl halides is 3. The quantitative estimate of drug-likeness (QED) is 0.888. The smallest absolute Gasteiger partial charge is 0.373 e. The summed E-state index contributed by atoms with van der Waals surface area (Å²) in [5, 5.41) is 5.81. The molecular formula is C14H21F3N4. The molecule has 1 aliphatic rings. The van der Waals surface area contributed by atoms with Gasteiger partial charge in [-0.3, -0.25) is 0 Å². The van der Waals surface area contributed by atoms with Crippen LogP contribution in [0.5, 0.6) is 0 Å². The lowest BCUT2D eigenvalue weighted by molar-refractivity contribution is -0.144. The monoisotopic (exact) mass is 302 g/mol. The van der Waals surface area contributed by atoms with E-state index in [0.29, 0.717) is 0 Å². The number of nitrogens with one attached hydrogen (secondary N) is 2. The van der Waals surface area contributed by atoms with Crippen LogP contribution >= 0.6 is 0 Å². The Balaban J connectivity index is 2.27.